The Morgan fingerprint density at radius 1 is 1.35 bits per heavy atom. The second-order valence-corrected chi connectivity index (χ2v) is 4.96. The number of nitrogen functional groups attached to an aromatic ring is 1. The topological polar surface area (TPSA) is 87.5 Å². The Bertz CT molecular complexity index is 530. The van der Waals surface area contributed by atoms with Gasteiger partial charge in [0.1, 0.15) is 0 Å². The predicted octanol–water partition coefficient (Wildman–Crippen LogP) is 0.819. The van der Waals surface area contributed by atoms with Crippen LogP contribution in [0.2, 0.25) is 0 Å². The molecule has 0 saturated carbocycles. The van der Waals surface area contributed by atoms with Crippen molar-refractivity contribution in [2.24, 2.45) is 0 Å². The first-order valence-electron chi connectivity index (χ1n) is 6.71. The van der Waals surface area contributed by atoms with Gasteiger partial charge in [0.25, 0.3) is 0 Å². The Morgan fingerprint density at radius 2 is 2.05 bits per heavy atom. The van der Waals surface area contributed by atoms with Gasteiger partial charge in [-0.15, -0.1) is 0 Å². The molecule has 6 nitrogen and oxygen atoms in total. The van der Waals surface area contributed by atoms with Crippen LogP contribution in [0.15, 0.2) is 18.2 Å². The van der Waals surface area contributed by atoms with E-state index in [1.165, 1.54) is 5.56 Å². The summed E-state index contributed by atoms with van der Waals surface area (Å²) in [6.45, 7) is 5.45. The third kappa shape index (κ3) is 3.08. The minimum atomic E-state index is -0.453. The number of nitrogens with one attached hydrogen (secondary N) is 2. The zero-order valence-corrected chi connectivity index (χ0v) is 11.8. The number of hydrogen-bond donors (Lipinski definition) is 3. The van der Waals surface area contributed by atoms with Crippen molar-refractivity contribution in [2.75, 3.05) is 12.3 Å². The van der Waals surface area contributed by atoms with Crippen LogP contribution in [0.5, 0.6) is 0 Å². The van der Waals surface area contributed by atoms with Crippen LogP contribution in [0, 0.1) is 0 Å². The van der Waals surface area contributed by atoms with E-state index in [-0.39, 0.29) is 11.9 Å². The molecule has 108 valence electrons. The lowest BCUT2D eigenvalue weighted by molar-refractivity contribution is -0.124. The third-order valence-electron chi connectivity index (χ3n) is 3.48. The summed E-state index contributed by atoms with van der Waals surface area (Å²) in [4.78, 5) is 25.4. The maximum Gasteiger partial charge on any atom is 0.321 e. The number of imide groups is 1. The van der Waals surface area contributed by atoms with E-state index in [0.29, 0.717) is 19.6 Å². The summed E-state index contributed by atoms with van der Waals surface area (Å²) < 4.78 is 0. The van der Waals surface area contributed by atoms with Gasteiger partial charge in [-0.2, -0.15) is 0 Å². The Morgan fingerprint density at radius 3 is 2.75 bits per heavy atom. The molecule has 0 bridgehead atoms. The number of anilines is 1. The first-order chi connectivity index (χ1) is 9.51. The molecule has 0 spiro atoms. The maximum atomic E-state index is 12.0. The summed E-state index contributed by atoms with van der Waals surface area (Å²) in [5, 5.41) is 4.88. The lowest BCUT2D eigenvalue weighted by atomic mass is 10.1. The molecule has 1 aromatic carbocycles. The van der Waals surface area contributed by atoms with Gasteiger partial charge in [0.15, 0.2) is 0 Å². The van der Waals surface area contributed by atoms with E-state index in [4.69, 9.17) is 5.73 Å². The summed E-state index contributed by atoms with van der Waals surface area (Å²) in [7, 11) is 0. The number of benzene rings is 1. The van der Waals surface area contributed by atoms with Crippen molar-refractivity contribution < 1.29 is 9.59 Å². The van der Waals surface area contributed by atoms with E-state index >= 15 is 0 Å². The number of fused-ring (bicyclic) bond motifs is 1. The largest absolute Gasteiger partial charge is 0.399 e. The molecule has 2 rings (SSSR count). The smallest absolute Gasteiger partial charge is 0.321 e. The highest BCUT2D eigenvalue weighted by molar-refractivity contribution is 5.96. The van der Waals surface area contributed by atoms with Crippen molar-refractivity contribution in [1.29, 1.82) is 0 Å². The van der Waals surface area contributed by atoms with Crippen LogP contribution in [0.3, 0.4) is 0 Å². The van der Waals surface area contributed by atoms with Gasteiger partial charge in [0, 0.05) is 25.3 Å². The summed E-state index contributed by atoms with van der Waals surface area (Å²) in [5.41, 5.74) is 8.81. The Kier molecular flexibility index (Phi) is 4.24. The molecule has 6 heteroatoms. The number of carbonyl (C=O) groups is 2. The van der Waals surface area contributed by atoms with Crippen molar-refractivity contribution in [3.8, 4) is 0 Å². The minimum Gasteiger partial charge on any atom is -0.399 e. The molecule has 1 unspecified atom stereocenters. The van der Waals surface area contributed by atoms with Crippen LogP contribution in [0.4, 0.5) is 10.5 Å². The number of urea groups is 1. The van der Waals surface area contributed by atoms with Gasteiger partial charge in [0.05, 0.1) is 6.04 Å². The molecule has 0 fully saturated rings. The summed E-state index contributed by atoms with van der Waals surface area (Å²) >= 11 is 0. The molecular weight excluding hydrogens is 256 g/mol. The molecule has 1 aliphatic heterocycles. The average Bonchev–Trinajstić information content (AvgIpc) is 2.80. The number of hydrogen-bond acceptors (Lipinski definition) is 4. The predicted molar refractivity (Wildman–Crippen MR) is 76.8 cm³/mol. The van der Waals surface area contributed by atoms with E-state index in [2.05, 4.69) is 10.6 Å². The van der Waals surface area contributed by atoms with Gasteiger partial charge >= 0.3 is 6.03 Å². The van der Waals surface area contributed by atoms with Crippen LogP contribution in [-0.2, 0) is 17.9 Å². The molecule has 20 heavy (non-hydrogen) atoms. The summed E-state index contributed by atoms with van der Waals surface area (Å²) in [6.07, 6.45) is 0. The van der Waals surface area contributed by atoms with Crippen molar-refractivity contribution in [3.05, 3.63) is 29.3 Å². The molecule has 0 saturated heterocycles. The van der Waals surface area contributed by atoms with Crippen molar-refractivity contribution >= 4 is 17.6 Å². The number of rotatable bonds is 3. The lowest BCUT2D eigenvalue weighted by Gasteiger charge is -2.22. The molecule has 1 aromatic rings. The molecule has 1 atom stereocenters. The monoisotopic (exact) mass is 276 g/mol. The fourth-order valence-electron chi connectivity index (χ4n) is 2.30. The zero-order chi connectivity index (χ0) is 14.7. The zero-order valence-electron chi connectivity index (χ0n) is 11.8. The van der Waals surface area contributed by atoms with Crippen LogP contribution in [0.1, 0.15) is 25.0 Å². The maximum absolute atomic E-state index is 12.0. The summed E-state index contributed by atoms with van der Waals surface area (Å²) in [5.74, 6) is -0.295. The highest BCUT2D eigenvalue weighted by Gasteiger charge is 2.28. The van der Waals surface area contributed by atoms with Gasteiger partial charge in [-0.3, -0.25) is 15.0 Å². The van der Waals surface area contributed by atoms with E-state index in [1.807, 2.05) is 23.1 Å². The number of nitrogens with two attached hydrogens (primary N) is 1. The molecule has 1 heterocycles. The highest BCUT2D eigenvalue weighted by atomic mass is 16.2. The normalized spacial score (nSPS) is 15.5. The van der Waals surface area contributed by atoms with Gasteiger partial charge in [-0.25, -0.2) is 4.79 Å². The van der Waals surface area contributed by atoms with Crippen LogP contribution in [-0.4, -0.2) is 29.4 Å². The first-order valence-corrected chi connectivity index (χ1v) is 6.71. The Labute approximate surface area is 118 Å². The molecule has 0 aliphatic carbocycles. The number of amides is 3. The number of carbonyl (C=O) groups excluding carboxylic acids is 2. The minimum absolute atomic E-state index is 0.295. The molecular formula is C14H20N4O2. The van der Waals surface area contributed by atoms with Crippen LogP contribution >= 0.6 is 0 Å². The van der Waals surface area contributed by atoms with Crippen LogP contribution in [0.25, 0.3) is 0 Å². The molecule has 0 radical (unpaired) electrons. The standard InChI is InChI=1S/C14H20N4O2/c1-3-16-14(20)17-13(19)9(2)18-7-10-4-5-12(15)6-11(10)8-18/h4-6,9H,3,7-8,15H2,1-2H3,(H2,16,17,19,20). The SMILES string of the molecule is CCNC(=O)NC(=O)C(C)N1Cc2ccc(N)cc2C1. The third-order valence-corrected chi connectivity index (χ3v) is 3.48. The van der Waals surface area contributed by atoms with Crippen molar-refractivity contribution in [3.63, 3.8) is 0 Å². The van der Waals surface area contributed by atoms with Gasteiger partial charge < -0.3 is 11.1 Å². The van der Waals surface area contributed by atoms with Gasteiger partial charge in [0.2, 0.25) is 5.91 Å². The average molecular weight is 276 g/mol. The highest BCUT2D eigenvalue weighted by Crippen LogP contribution is 2.26. The Hall–Kier alpha value is -2.08. The molecule has 0 aromatic heterocycles. The van der Waals surface area contributed by atoms with Gasteiger partial charge in [-0.05, 0) is 37.1 Å². The Balaban J connectivity index is 1.97. The lowest BCUT2D eigenvalue weighted by Crippen LogP contribution is -2.48. The van der Waals surface area contributed by atoms with E-state index in [1.54, 1.807) is 13.8 Å². The van der Waals surface area contributed by atoms with Gasteiger partial charge in [-0.1, -0.05) is 6.07 Å². The first kappa shape index (κ1) is 14.3. The fourth-order valence-corrected chi connectivity index (χ4v) is 2.30. The molecule has 3 amide bonds. The summed E-state index contributed by atoms with van der Waals surface area (Å²) in [6, 6.07) is 4.96. The second-order valence-electron chi connectivity index (χ2n) is 4.96. The van der Waals surface area contributed by atoms with E-state index < -0.39 is 6.03 Å². The fraction of sp³-hybridized carbons (Fsp3) is 0.429. The van der Waals surface area contributed by atoms with Crippen LogP contribution < -0.4 is 16.4 Å². The van der Waals surface area contributed by atoms with E-state index in [9.17, 15) is 9.59 Å². The van der Waals surface area contributed by atoms with E-state index in [0.717, 1.165) is 11.3 Å². The second kappa shape index (κ2) is 5.92. The van der Waals surface area contributed by atoms with Crippen molar-refractivity contribution in [1.82, 2.24) is 15.5 Å². The van der Waals surface area contributed by atoms with Crippen molar-refractivity contribution in [2.45, 2.75) is 33.0 Å². The quantitative estimate of drug-likeness (QED) is 0.713. The number of nitrogens with zero attached hydrogens (tertiary/aromatic N) is 1. The molecule has 1 aliphatic rings. The molecule has 4 N–H and O–H groups in total.